The quantitative estimate of drug-likeness (QED) is 0.728. The van der Waals surface area contributed by atoms with Crippen LogP contribution >= 0.6 is 0 Å². The van der Waals surface area contributed by atoms with Crippen LogP contribution in [0.5, 0.6) is 0 Å². The highest BCUT2D eigenvalue weighted by atomic mass is 16.5. The Morgan fingerprint density at radius 1 is 1.28 bits per heavy atom. The third-order valence-electron chi connectivity index (χ3n) is 3.65. The van der Waals surface area contributed by atoms with Crippen molar-refractivity contribution >= 4 is 11.9 Å². The molecule has 1 fully saturated rings. The molecule has 0 atom stereocenters. The Morgan fingerprint density at radius 2 is 1.83 bits per heavy atom. The molecule has 0 aromatic heterocycles. The Bertz CT molecular complexity index is 306. The van der Waals surface area contributed by atoms with Crippen LogP contribution in [0.15, 0.2) is 0 Å². The molecule has 0 aliphatic heterocycles. The predicted octanol–water partition coefficient (Wildman–Crippen LogP) is 1.42. The summed E-state index contributed by atoms with van der Waals surface area (Å²) in [6.07, 6.45) is 3.14. The van der Waals surface area contributed by atoms with Crippen LogP contribution in [0.4, 0.5) is 0 Å². The van der Waals surface area contributed by atoms with Gasteiger partial charge in [0.15, 0.2) is 0 Å². The van der Waals surface area contributed by atoms with Crippen LogP contribution in [0, 0.1) is 11.3 Å². The summed E-state index contributed by atoms with van der Waals surface area (Å²) in [7, 11) is 1.39. The second kappa shape index (κ2) is 6.18. The van der Waals surface area contributed by atoms with Gasteiger partial charge in [-0.25, -0.2) is 0 Å². The topological polar surface area (TPSA) is 75.6 Å². The van der Waals surface area contributed by atoms with Crippen molar-refractivity contribution < 1.29 is 19.4 Å². The number of carbonyl (C=O) groups excluding carboxylic acids is 1. The van der Waals surface area contributed by atoms with E-state index in [0.717, 1.165) is 12.8 Å². The van der Waals surface area contributed by atoms with E-state index < -0.39 is 11.4 Å². The molecule has 0 spiro atoms. The predicted molar refractivity (Wildman–Crippen MR) is 67.2 cm³/mol. The minimum atomic E-state index is -0.691. The SMILES string of the molecule is COC(=O)C(C)(C)CNC1CCC(C(=O)O)CC1. The second-order valence-corrected chi connectivity index (χ2v) is 5.64. The fourth-order valence-corrected chi connectivity index (χ4v) is 2.29. The number of hydrogen-bond donors (Lipinski definition) is 2. The average molecular weight is 257 g/mol. The summed E-state index contributed by atoms with van der Waals surface area (Å²) in [6, 6.07) is 0.310. The third-order valence-corrected chi connectivity index (χ3v) is 3.65. The minimum Gasteiger partial charge on any atom is -0.481 e. The van der Waals surface area contributed by atoms with Gasteiger partial charge in [0.05, 0.1) is 18.4 Å². The van der Waals surface area contributed by atoms with Gasteiger partial charge in [0.25, 0.3) is 0 Å². The number of carboxylic acid groups (broad SMARTS) is 1. The van der Waals surface area contributed by atoms with Crippen LogP contribution in [0.3, 0.4) is 0 Å². The first-order valence-electron chi connectivity index (χ1n) is 6.41. The molecule has 0 unspecified atom stereocenters. The summed E-state index contributed by atoms with van der Waals surface area (Å²) in [6.45, 7) is 4.24. The van der Waals surface area contributed by atoms with E-state index >= 15 is 0 Å². The highest BCUT2D eigenvalue weighted by Crippen LogP contribution is 2.25. The Balaban J connectivity index is 2.34. The first-order chi connectivity index (χ1) is 8.36. The largest absolute Gasteiger partial charge is 0.481 e. The van der Waals surface area contributed by atoms with Gasteiger partial charge in [-0.15, -0.1) is 0 Å². The fourth-order valence-electron chi connectivity index (χ4n) is 2.29. The number of rotatable bonds is 5. The monoisotopic (exact) mass is 257 g/mol. The average Bonchev–Trinajstić information content (AvgIpc) is 2.35. The van der Waals surface area contributed by atoms with Crippen LogP contribution in [-0.2, 0) is 14.3 Å². The summed E-state index contributed by atoms with van der Waals surface area (Å²) in [4.78, 5) is 22.3. The number of methoxy groups -OCH3 is 1. The molecule has 5 heteroatoms. The molecule has 0 aromatic rings. The van der Waals surface area contributed by atoms with Crippen molar-refractivity contribution in [2.45, 2.75) is 45.6 Å². The van der Waals surface area contributed by atoms with E-state index in [-0.39, 0.29) is 11.9 Å². The highest BCUT2D eigenvalue weighted by molar-refractivity contribution is 5.76. The summed E-state index contributed by atoms with van der Waals surface area (Å²) in [5, 5.41) is 12.2. The van der Waals surface area contributed by atoms with Crippen molar-refractivity contribution in [3.05, 3.63) is 0 Å². The van der Waals surface area contributed by atoms with Gasteiger partial charge in [-0.05, 0) is 39.5 Å². The molecule has 18 heavy (non-hydrogen) atoms. The first-order valence-corrected chi connectivity index (χ1v) is 6.41. The number of carbonyl (C=O) groups is 2. The van der Waals surface area contributed by atoms with Gasteiger partial charge in [0, 0.05) is 12.6 Å². The van der Waals surface area contributed by atoms with Crippen molar-refractivity contribution in [3.63, 3.8) is 0 Å². The summed E-state index contributed by atoms with van der Waals surface area (Å²) < 4.78 is 4.75. The van der Waals surface area contributed by atoms with Crippen molar-refractivity contribution in [2.24, 2.45) is 11.3 Å². The summed E-state index contributed by atoms with van der Waals surface area (Å²) in [5.41, 5.74) is -0.543. The normalized spacial score (nSPS) is 24.6. The van der Waals surface area contributed by atoms with Gasteiger partial charge < -0.3 is 15.2 Å². The van der Waals surface area contributed by atoms with E-state index in [2.05, 4.69) is 5.32 Å². The molecular formula is C13H23NO4. The number of ether oxygens (including phenoxy) is 1. The van der Waals surface area contributed by atoms with E-state index in [9.17, 15) is 9.59 Å². The Kier molecular flexibility index (Phi) is 5.14. The van der Waals surface area contributed by atoms with Crippen molar-refractivity contribution in [1.29, 1.82) is 0 Å². The highest BCUT2D eigenvalue weighted by Gasteiger charge is 2.31. The van der Waals surface area contributed by atoms with E-state index in [1.165, 1.54) is 7.11 Å². The van der Waals surface area contributed by atoms with Gasteiger partial charge >= 0.3 is 11.9 Å². The molecule has 1 aliphatic carbocycles. The zero-order chi connectivity index (χ0) is 13.8. The van der Waals surface area contributed by atoms with Gasteiger partial charge in [-0.3, -0.25) is 9.59 Å². The molecule has 0 bridgehead atoms. The lowest BCUT2D eigenvalue weighted by molar-refractivity contribution is -0.150. The van der Waals surface area contributed by atoms with Crippen LogP contribution in [0.2, 0.25) is 0 Å². The lowest BCUT2D eigenvalue weighted by Crippen LogP contribution is -2.43. The smallest absolute Gasteiger partial charge is 0.312 e. The Hall–Kier alpha value is -1.10. The van der Waals surface area contributed by atoms with E-state index in [4.69, 9.17) is 9.84 Å². The van der Waals surface area contributed by atoms with Crippen molar-refractivity contribution in [2.75, 3.05) is 13.7 Å². The molecule has 0 amide bonds. The van der Waals surface area contributed by atoms with Gasteiger partial charge in [0.2, 0.25) is 0 Å². The van der Waals surface area contributed by atoms with Gasteiger partial charge in [0.1, 0.15) is 0 Å². The molecule has 0 saturated heterocycles. The molecule has 2 N–H and O–H groups in total. The summed E-state index contributed by atoms with van der Waals surface area (Å²) in [5.74, 6) is -1.12. The van der Waals surface area contributed by atoms with Crippen LogP contribution in [-0.4, -0.2) is 36.7 Å². The zero-order valence-corrected chi connectivity index (χ0v) is 11.4. The maximum Gasteiger partial charge on any atom is 0.312 e. The van der Waals surface area contributed by atoms with E-state index in [1.54, 1.807) is 0 Å². The number of aliphatic carboxylic acids is 1. The number of carboxylic acids is 1. The number of nitrogens with one attached hydrogen (secondary N) is 1. The number of hydrogen-bond acceptors (Lipinski definition) is 4. The van der Waals surface area contributed by atoms with Crippen LogP contribution < -0.4 is 5.32 Å². The molecule has 0 radical (unpaired) electrons. The van der Waals surface area contributed by atoms with Crippen LogP contribution in [0.25, 0.3) is 0 Å². The maximum absolute atomic E-state index is 11.5. The lowest BCUT2D eigenvalue weighted by Gasteiger charge is -2.30. The Morgan fingerprint density at radius 3 is 2.28 bits per heavy atom. The third kappa shape index (κ3) is 3.98. The maximum atomic E-state index is 11.5. The molecule has 1 saturated carbocycles. The van der Waals surface area contributed by atoms with E-state index in [0.29, 0.717) is 25.4 Å². The molecule has 1 aliphatic rings. The lowest BCUT2D eigenvalue weighted by atomic mass is 9.85. The van der Waals surface area contributed by atoms with Gasteiger partial charge in [-0.2, -0.15) is 0 Å². The molecule has 0 aromatic carbocycles. The molecule has 1 rings (SSSR count). The second-order valence-electron chi connectivity index (χ2n) is 5.64. The molecule has 0 heterocycles. The summed E-state index contributed by atoms with van der Waals surface area (Å²) >= 11 is 0. The number of esters is 1. The van der Waals surface area contributed by atoms with Crippen LogP contribution in [0.1, 0.15) is 39.5 Å². The molecular weight excluding hydrogens is 234 g/mol. The van der Waals surface area contributed by atoms with Crippen molar-refractivity contribution in [3.8, 4) is 0 Å². The fraction of sp³-hybridized carbons (Fsp3) is 0.846. The zero-order valence-electron chi connectivity index (χ0n) is 11.4. The van der Waals surface area contributed by atoms with Crippen molar-refractivity contribution in [1.82, 2.24) is 5.32 Å². The molecule has 5 nitrogen and oxygen atoms in total. The van der Waals surface area contributed by atoms with Gasteiger partial charge in [-0.1, -0.05) is 0 Å². The molecule has 104 valence electrons. The first kappa shape index (κ1) is 15.0. The van der Waals surface area contributed by atoms with E-state index in [1.807, 2.05) is 13.8 Å². The Labute approximate surface area is 108 Å². The standard InChI is InChI=1S/C13H23NO4/c1-13(2,12(17)18-3)8-14-10-6-4-9(5-7-10)11(15)16/h9-10,14H,4-8H2,1-3H3,(H,15,16). The minimum absolute atomic E-state index is 0.198.